The Morgan fingerprint density at radius 2 is 2.12 bits per heavy atom. The Kier molecular flexibility index (Phi) is 4.59. The maximum absolute atomic E-state index is 12.4. The Bertz CT molecular complexity index is 574. The lowest BCUT2D eigenvalue weighted by Gasteiger charge is -2.31. The molecule has 3 unspecified atom stereocenters. The molecule has 2 saturated heterocycles. The van der Waals surface area contributed by atoms with Crippen LogP contribution in [-0.2, 0) is 4.74 Å². The maximum Gasteiger partial charge on any atom is 0.272 e. The largest absolute Gasteiger partial charge is 0.378 e. The second-order valence-electron chi connectivity index (χ2n) is 6.75. The molecular formula is C16H24N6O2. The number of ether oxygens (including phenoxy) is 1. The molecule has 3 aliphatic rings. The molecule has 0 spiro atoms. The monoisotopic (exact) mass is 332 g/mol. The molecule has 3 heterocycles. The van der Waals surface area contributed by atoms with Crippen LogP contribution in [0.5, 0.6) is 0 Å². The van der Waals surface area contributed by atoms with E-state index in [0.29, 0.717) is 30.9 Å². The van der Waals surface area contributed by atoms with Gasteiger partial charge in [-0.2, -0.15) is 0 Å². The highest BCUT2D eigenvalue weighted by atomic mass is 16.5. The lowest BCUT2D eigenvalue weighted by molar-refractivity contribution is 0.0913. The number of hydrogen-bond donors (Lipinski definition) is 3. The predicted molar refractivity (Wildman–Crippen MR) is 88.6 cm³/mol. The number of aromatic nitrogens is 2. The smallest absolute Gasteiger partial charge is 0.272 e. The zero-order chi connectivity index (χ0) is 16.4. The first-order valence-electron chi connectivity index (χ1n) is 8.75. The molecule has 1 saturated carbocycles. The van der Waals surface area contributed by atoms with Crippen molar-refractivity contribution in [2.75, 3.05) is 37.7 Å². The number of morpholine rings is 1. The van der Waals surface area contributed by atoms with E-state index in [1.54, 1.807) is 6.07 Å². The van der Waals surface area contributed by atoms with Gasteiger partial charge in [0.25, 0.3) is 5.91 Å². The second-order valence-corrected chi connectivity index (χ2v) is 6.75. The van der Waals surface area contributed by atoms with Crippen LogP contribution < -0.4 is 21.1 Å². The van der Waals surface area contributed by atoms with Gasteiger partial charge in [0.05, 0.1) is 13.2 Å². The van der Waals surface area contributed by atoms with Crippen LogP contribution in [-0.4, -0.2) is 61.0 Å². The van der Waals surface area contributed by atoms with E-state index in [1.807, 2.05) is 6.07 Å². The summed E-state index contributed by atoms with van der Waals surface area (Å²) in [7, 11) is 0. The number of anilines is 1. The quantitative estimate of drug-likeness (QED) is 0.699. The van der Waals surface area contributed by atoms with Gasteiger partial charge in [0.15, 0.2) is 11.5 Å². The molecule has 0 aromatic carbocycles. The molecule has 2 aliphatic heterocycles. The summed E-state index contributed by atoms with van der Waals surface area (Å²) >= 11 is 0. The van der Waals surface area contributed by atoms with Gasteiger partial charge in [-0.25, -0.2) is 0 Å². The van der Waals surface area contributed by atoms with E-state index in [2.05, 4.69) is 31.3 Å². The zero-order valence-corrected chi connectivity index (χ0v) is 13.7. The van der Waals surface area contributed by atoms with Crippen LogP contribution >= 0.6 is 0 Å². The third kappa shape index (κ3) is 3.35. The summed E-state index contributed by atoms with van der Waals surface area (Å²) in [6.07, 6.45) is 3.12. The highest BCUT2D eigenvalue weighted by Crippen LogP contribution is 2.26. The molecule has 1 aromatic heterocycles. The molecule has 1 aromatic rings. The molecule has 0 bridgehead atoms. The lowest BCUT2D eigenvalue weighted by Crippen LogP contribution is -2.45. The van der Waals surface area contributed by atoms with Crippen molar-refractivity contribution < 1.29 is 9.53 Å². The van der Waals surface area contributed by atoms with E-state index in [4.69, 9.17) is 4.74 Å². The highest BCUT2D eigenvalue weighted by molar-refractivity contribution is 5.92. The topological polar surface area (TPSA) is 91.4 Å². The summed E-state index contributed by atoms with van der Waals surface area (Å²) in [4.78, 5) is 14.5. The van der Waals surface area contributed by atoms with Crippen molar-refractivity contribution in [3.8, 4) is 0 Å². The first kappa shape index (κ1) is 15.7. The Morgan fingerprint density at radius 3 is 2.92 bits per heavy atom. The Hall–Kier alpha value is -1.77. The Balaban J connectivity index is 1.34. The molecule has 24 heavy (non-hydrogen) atoms. The molecule has 4 rings (SSSR count). The van der Waals surface area contributed by atoms with Gasteiger partial charge < -0.3 is 15.0 Å². The van der Waals surface area contributed by atoms with Gasteiger partial charge in [0, 0.05) is 31.7 Å². The van der Waals surface area contributed by atoms with Crippen molar-refractivity contribution in [3.05, 3.63) is 17.8 Å². The molecule has 1 aliphatic carbocycles. The van der Waals surface area contributed by atoms with E-state index in [-0.39, 0.29) is 11.9 Å². The number of nitrogens with zero attached hydrogens (tertiary/aromatic N) is 3. The van der Waals surface area contributed by atoms with Gasteiger partial charge in [-0.3, -0.25) is 15.6 Å². The van der Waals surface area contributed by atoms with Crippen LogP contribution in [0, 0.1) is 5.92 Å². The van der Waals surface area contributed by atoms with Gasteiger partial charge in [0.2, 0.25) is 0 Å². The molecule has 3 atom stereocenters. The van der Waals surface area contributed by atoms with E-state index < -0.39 is 0 Å². The third-order valence-electron chi connectivity index (χ3n) is 5.20. The molecule has 3 N–H and O–H groups in total. The summed E-state index contributed by atoms with van der Waals surface area (Å²) < 4.78 is 5.33. The fourth-order valence-electron chi connectivity index (χ4n) is 3.77. The molecule has 8 nitrogen and oxygen atoms in total. The van der Waals surface area contributed by atoms with E-state index >= 15 is 0 Å². The van der Waals surface area contributed by atoms with Gasteiger partial charge >= 0.3 is 0 Å². The normalized spacial score (nSPS) is 30.0. The standard InChI is InChI=1S/C16H24N6O2/c23-16(18-12-2-1-11-10-17-19-14(11)9-12)13-3-4-15(21-20-13)22-5-7-24-8-6-22/h3-4,11-12,14,17,19H,1-2,5-10H2,(H,18,23). The SMILES string of the molecule is O=C(NC1CCC2CNNC2C1)c1ccc(N2CCOCC2)nn1. The maximum atomic E-state index is 12.4. The number of carbonyl (C=O) groups excluding carboxylic acids is 1. The Morgan fingerprint density at radius 1 is 1.25 bits per heavy atom. The molecule has 1 amide bonds. The average Bonchev–Trinajstić information content (AvgIpc) is 3.10. The average molecular weight is 332 g/mol. The molecule has 130 valence electrons. The fraction of sp³-hybridized carbons (Fsp3) is 0.688. The van der Waals surface area contributed by atoms with E-state index in [1.165, 1.54) is 0 Å². The zero-order valence-electron chi connectivity index (χ0n) is 13.7. The van der Waals surface area contributed by atoms with Crippen molar-refractivity contribution in [2.24, 2.45) is 5.92 Å². The van der Waals surface area contributed by atoms with Gasteiger partial charge in [-0.05, 0) is 37.3 Å². The number of rotatable bonds is 3. The lowest BCUT2D eigenvalue weighted by atomic mass is 9.83. The van der Waals surface area contributed by atoms with E-state index in [0.717, 1.165) is 44.7 Å². The minimum absolute atomic E-state index is 0.134. The van der Waals surface area contributed by atoms with Crippen molar-refractivity contribution in [2.45, 2.75) is 31.3 Å². The highest BCUT2D eigenvalue weighted by Gasteiger charge is 2.34. The van der Waals surface area contributed by atoms with Crippen LogP contribution in [0.15, 0.2) is 12.1 Å². The fourth-order valence-corrected chi connectivity index (χ4v) is 3.77. The predicted octanol–water partition coefficient (Wildman–Crippen LogP) is -0.312. The summed E-state index contributed by atoms with van der Waals surface area (Å²) in [5, 5.41) is 11.4. The van der Waals surface area contributed by atoms with Crippen LogP contribution in [0.4, 0.5) is 5.82 Å². The number of amides is 1. The summed E-state index contributed by atoms with van der Waals surface area (Å²) in [5.74, 6) is 1.35. The molecular weight excluding hydrogens is 308 g/mol. The van der Waals surface area contributed by atoms with Gasteiger partial charge in [-0.1, -0.05) is 0 Å². The number of fused-ring (bicyclic) bond motifs is 1. The van der Waals surface area contributed by atoms with Crippen LogP contribution in [0.3, 0.4) is 0 Å². The van der Waals surface area contributed by atoms with Gasteiger partial charge in [-0.15, -0.1) is 10.2 Å². The minimum atomic E-state index is -0.134. The number of nitrogens with one attached hydrogen (secondary N) is 3. The van der Waals surface area contributed by atoms with Crippen LogP contribution in [0.2, 0.25) is 0 Å². The first-order chi connectivity index (χ1) is 11.8. The summed E-state index contributed by atoms with van der Waals surface area (Å²) in [6, 6.07) is 4.28. The van der Waals surface area contributed by atoms with Gasteiger partial charge in [0.1, 0.15) is 0 Å². The second kappa shape index (κ2) is 7.00. The van der Waals surface area contributed by atoms with Crippen LogP contribution in [0.25, 0.3) is 0 Å². The van der Waals surface area contributed by atoms with Crippen molar-refractivity contribution in [1.82, 2.24) is 26.4 Å². The van der Waals surface area contributed by atoms with Crippen molar-refractivity contribution in [3.63, 3.8) is 0 Å². The summed E-state index contributed by atoms with van der Waals surface area (Å²) in [5.41, 5.74) is 6.89. The number of hydrazine groups is 1. The molecule has 8 heteroatoms. The minimum Gasteiger partial charge on any atom is -0.378 e. The third-order valence-corrected chi connectivity index (χ3v) is 5.20. The number of carbonyl (C=O) groups is 1. The molecule has 0 radical (unpaired) electrons. The van der Waals surface area contributed by atoms with Crippen molar-refractivity contribution >= 4 is 11.7 Å². The first-order valence-corrected chi connectivity index (χ1v) is 8.75. The van der Waals surface area contributed by atoms with Crippen molar-refractivity contribution in [1.29, 1.82) is 0 Å². The molecule has 3 fully saturated rings. The Labute approximate surface area is 141 Å². The van der Waals surface area contributed by atoms with E-state index in [9.17, 15) is 4.79 Å². The van der Waals surface area contributed by atoms with Crippen LogP contribution in [0.1, 0.15) is 29.8 Å². The number of hydrogen-bond acceptors (Lipinski definition) is 7. The summed E-state index contributed by atoms with van der Waals surface area (Å²) in [6.45, 7) is 4.06.